The molecule has 0 atom stereocenters. The van der Waals surface area contributed by atoms with Gasteiger partial charge in [0.1, 0.15) is 19.0 Å². The molecule has 8 heteroatoms. The maximum absolute atomic E-state index is 13.0. The molecular weight excluding hydrogens is 534 g/mol. The van der Waals surface area contributed by atoms with Crippen molar-refractivity contribution in [3.8, 4) is 17.2 Å². The first-order valence-electron chi connectivity index (χ1n) is 12.4. The first kappa shape index (κ1) is 26.7. The maximum atomic E-state index is 13.0. The summed E-state index contributed by atoms with van der Waals surface area (Å²) >= 11 is 7.43. The number of hydrogen-bond donors (Lipinski definition) is 0. The Morgan fingerprint density at radius 3 is 2.51 bits per heavy atom. The van der Waals surface area contributed by atoms with Gasteiger partial charge < -0.3 is 14.2 Å². The van der Waals surface area contributed by atoms with Gasteiger partial charge in [-0.3, -0.25) is 14.5 Å². The number of amides is 2. The van der Waals surface area contributed by atoms with Crippen molar-refractivity contribution in [3.05, 3.63) is 105 Å². The molecule has 0 bridgehead atoms. The number of rotatable bonds is 9. The summed E-state index contributed by atoms with van der Waals surface area (Å²) in [6.45, 7) is 2.68. The molecule has 1 fully saturated rings. The lowest BCUT2D eigenvalue weighted by atomic mass is 10.1. The molecule has 4 aromatic rings. The average molecular weight is 560 g/mol. The number of hydrogen-bond acceptors (Lipinski definition) is 6. The van der Waals surface area contributed by atoms with E-state index in [1.165, 1.54) is 12.0 Å². The number of halogens is 1. The zero-order valence-corrected chi connectivity index (χ0v) is 23.1. The highest BCUT2D eigenvalue weighted by atomic mass is 35.5. The van der Waals surface area contributed by atoms with Crippen LogP contribution in [0.3, 0.4) is 0 Å². The summed E-state index contributed by atoms with van der Waals surface area (Å²) in [5.41, 5.74) is 2.78. The van der Waals surface area contributed by atoms with Crippen LogP contribution in [-0.4, -0.2) is 36.3 Å². The van der Waals surface area contributed by atoms with E-state index in [1.54, 1.807) is 18.2 Å². The van der Waals surface area contributed by atoms with Crippen LogP contribution < -0.4 is 14.2 Å². The van der Waals surface area contributed by atoms with Crippen LogP contribution in [0.1, 0.15) is 16.7 Å². The highest BCUT2D eigenvalue weighted by Gasteiger charge is 2.35. The third-order valence-corrected chi connectivity index (χ3v) is 7.57. The lowest BCUT2D eigenvalue weighted by Crippen LogP contribution is -2.32. The summed E-state index contributed by atoms with van der Waals surface area (Å²) in [4.78, 5) is 27.2. The van der Waals surface area contributed by atoms with Crippen LogP contribution in [0.5, 0.6) is 17.2 Å². The van der Waals surface area contributed by atoms with Gasteiger partial charge in [-0.2, -0.15) is 0 Å². The van der Waals surface area contributed by atoms with Crippen LogP contribution in [0, 0.1) is 6.92 Å². The standard InChI is InChI=1S/C31H26ClNO5S/c1-20-8-3-4-10-23(20)19-38-29-25(32)16-21(17-27(29)36-2)18-28-30(34)33(31(35)39-28)14-15-37-26-13-7-11-22-9-5-6-12-24(22)26/h3-13,16-18H,14-15,19H2,1-2H3/b28-18-. The van der Waals surface area contributed by atoms with E-state index in [9.17, 15) is 9.59 Å². The van der Waals surface area contributed by atoms with Crippen LogP contribution in [0.15, 0.2) is 83.8 Å². The Labute approximate surface area is 236 Å². The SMILES string of the molecule is COc1cc(/C=C2\SC(=O)N(CCOc3cccc4ccccc34)C2=O)cc(Cl)c1OCc1ccccc1C. The molecule has 1 heterocycles. The van der Waals surface area contributed by atoms with E-state index in [-0.39, 0.29) is 24.3 Å². The van der Waals surface area contributed by atoms with Crippen LogP contribution in [0.2, 0.25) is 5.02 Å². The van der Waals surface area contributed by atoms with Crippen LogP contribution >= 0.6 is 23.4 Å². The molecule has 1 saturated heterocycles. The highest BCUT2D eigenvalue weighted by molar-refractivity contribution is 8.18. The van der Waals surface area contributed by atoms with Crippen molar-refractivity contribution in [1.29, 1.82) is 0 Å². The van der Waals surface area contributed by atoms with Crippen molar-refractivity contribution < 1.29 is 23.8 Å². The number of fused-ring (bicyclic) bond motifs is 1. The molecule has 0 spiro atoms. The fourth-order valence-corrected chi connectivity index (χ4v) is 5.44. The molecule has 1 aliphatic rings. The molecule has 0 aliphatic carbocycles. The Hall–Kier alpha value is -3.94. The first-order chi connectivity index (χ1) is 18.9. The molecule has 1 aliphatic heterocycles. The zero-order chi connectivity index (χ0) is 27.4. The van der Waals surface area contributed by atoms with E-state index in [0.717, 1.165) is 33.7 Å². The van der Waals surface area contributed by atoms with Gasteiger partial charge >= 0.3 is 0 Å². The molecular formula is C31H26ClNO5S. The molecule has 5 rings (SSSR count). The number of ether oxygens (including phenoxy) is 3. The Morgan fingerprint density at radius 1 is 0.923 bits per heavy atom. The normalized spacial score (nSPS) is 14.3. The predicted octanol–water partition coefficient (Wildman–Crippen LogP) is 7.50. The van der Waals surface area contributed by atoms with Crippen LogP contribution in [0.25, 0.3) is 16.8 Å². The van der Waals surface area contributed by atoms with E-state index in [0.29, 0.717) is 39.3 Å². The fourth-order valence-electron chi connectivity index (χ4n) is 4.30. The van der Waals surface area contributed by atoms with Gasteiger partial charge in [0.25, 0.3) is 11.1 Å². The molecule has 2 amide bonds. The topological polar surface area (TPSA) is 65.1 Å². The first-order valence-corrected chi connectivity index (χ1v) is 13.5. The van der Waals surface area contributed by atoms with Crippen molar-refractivity contribution in [2.24, 2.45) is 0 Å². The number of carbonyl (C=O) groups is 2. The Morgan fingerprint density at radius 2 is 1.69 bits per heavy atom. The van der Waals surface area contributed by atoms with Crippen molar-refractivity contribution in [2.75, 3.05) is 20.3 Å². The van der Waals surface area contributed by atoms with E-state index in [1.807, 2.05) is 73.7 Å². The minimum atomic E-state index is -0.374. The van der Waals surface area contributed by atoms with Gasteiger partial charge in [-0.15, -0.1) is 0 Å². The van der Waals surface area contributed by atoms with Crippen molar-refractivity contribution in [3.63, 3.8) is 0 Å². The van der Waals surface area contributed by atoms with Crippen molar-refractivity contribution in [2.45, 2.75) is 13.5 Å². The quantitative estimate of drug-likeness (QED) is 0.198. The van der Waals surface area contributed by atoms with E-state index >= 15 is 0 Å². The second kappa shape index (κ2) is 11.8. The van der Waals surface area contributed by atoms with Gasteiger partial charge in [-0.1, -0.05) is 72.3 Å². The summed E-state index contributed by atoms with van der Waals surface area (Å²) in [7, 11) is 1.53. The fraction of sp³-hybridized carbons (Fsp3) is 0.161. The van der Waals surface area contributed by atoms with Gasteiger partial charge in [-0.25, -0.2) is 0 Å². The number of carbonyl (C=O) groups excluding carboxylic acids is 2. The van der Waals surface area contributed by atoms with Crippen molar-refractivity contribution >= 4 is 51.4 Å². The van der Waals surface area contributed by atoms with E-state index in [4.69, 9.17) is 25.8 Å². The highest BCUT2D eigenvalue weighted by Crippen LogP contribution is 2.39. The van der Waals surface area contributed by atoms with Gasteiger partial charge in [0.15, 0.2) is 11.5 Å². The molecule has 0 saturated carbocycles. The largest absolute Gasteiger partial charge is 0.493 e. The van der Waals surface area contributed by atoms with Crippen LogP contribution in [-0.2, 0) is 11.4 Å². The second-order valence-electron chi connectivity index (χ2n) is 8.91. The molecule has 4 aromatic carbocycles. The smallest absolute Gasteiger partial charge is 0.293 e. The number of nitrogens with zero attached hydrogens (tertiary/aromatic N) is 1. The predicted molar refractivity (Wildman–Crippen MR) is 156 cm³/mol. The van der Waals surface area contributed by atoms with Gasteiger partial charge in [0, 0.05) is 5.39 Å². The summed E-state index contributed by atoms with van der Waals surface area (Å²) in [6.07, 6.45) is 1.63. The van der Waals surface area contributed by atoms with Crippen LogP contribution in [0.4, 0.5) is 4.79 Å². The Balaban J connectivity index is 1.27. The summed E-state index contributed by atoms with van der Waals surface area (Å²) in [6, 6.07) is 25.1. The molecule has 198 valence electrons. The lowest BCUT2D eigenvalue weighted by Gasteiger charge is -2.15. The van der Waals surface area contributed by atoms with Gasteiger partial charge in [0.05, 0.1) is 23.6 Å². The number of aryl methyl sites for hydroxylation is 1. The number of methoxy groups -OCH3 is 1. The number of benzene rings is 4. The molecule has 39 heavy (non-hydrogen) atoms. The third-order valence-electron chi connectivity index (χ3n) is 6.38. The Kier molecular flexibility index (Phi) is 8.10. The number of thioether (sulfide) groups is 1. The molecule has 0 unspecified atom stereocenters. The molecule has 0 N–H and O–H groups in total. The third kappa shape index (κ3) is 5.90. The number of imide groups is 1. The summed E-state index contributed by atoms with van der Waals surface area (Å²) < 4.78 is 17.4. The van der Waals surface area contributed by atoms with Crippen molar-refractivity contribution in [1.82, 2.24) is 4.90 Å². The Bertz CT molecular complexity index is 1580. The minimum Gasteiger partial charge on any atom is -0.493 e. The molecule has 6 nitrogen and oxygen atoms in total. The average Bonchev–Trinajstić information content (AvgIpc) is 3.20. The monoisotopic (exact) mass is 559 g/mol. The molecule has 0 aromatic heterocycles. The lowest BCUT2D eigenvalue weighted by molar-refractivity contribution is -0.123. The minimum absolute atomic E-state index is 0.140. The van der Waals surface area contributed by atoms with Gasteiger partial charge in [-0.05, 0) is 65.0 Å². The molecule has 0 radical (unpaired) electrons. The van der Waals surface area contributed by atoms with Gasteiger partial charge in [0.2, 0.25) is 0 Å². The van der Waals surface area contributed by atoms with E-state index < -0.39 is 0 Å². The summed E-state index contributed by atoms with van der Waals surface area (Å²) in [5.74, 6) is 1.19. The zero-order valence-electron chi connectivity index (χ0n) is 21.5. The maximum Gasteiger partial charge on any atom is 0.293 e. The second-order valence-corrected chi connectivity index (χ2v) is 10.3. The summed E-state index contributed by atoms with van der Waals surface area (Å²) in [5, 5.41) is 2.04. The van der Waals surface area contributed by atoms with E-state index in [2.05, 4.69) is 0 Å².